The van der Waals surface area contributed by atoms with Gasteiger partial charge in [0.15, 0.2) is 0 Å². The molecule has 1 saturated carbocycles. The van der Waals surface area contributed by atoms with Crippen LogP contribution in [0, 0.1) is 5.82 Å². The quantitative estimate of drug-likeness (QED) is 0.876. The SMILES string of the molecule is O=c1[nH]c(C2CC2)nc2c1CN(Cc1cc(F)cnc1Cl)CC2. The summed E-state index contributed by atoms with van der Waals surface area (Å²) in [5, 5.41) is 0.299. The summed E-state index contributed by atoms with van der Waals surface area (Å²) in [6, 6.07) is 1.39. The molecule has 5 nitrogen and oxygen atoms in total. The molecule has 7 heteroatoms. The van der Waals surface area contributed by atoms with Gasteiger partial charge in [0.25, 0.3) is 5.56 Å². The lowest BCUT2D eigenvalue weighted by atomic mass is 10.1. The summed E-state index contributed by atoms with van der Waals surface area (Å²) in [5.41, 5.74) is 2.19. The topological polar surface area (TPSA) is 61.9 Å². The second-order valence-electron chi connectivity index (χ2n) is 6.21. The van der Waals surface area contributed by atoms with E-state index in [1.807, 2.05) is 0 Å². The van der Waals surface area contributed by atoms with Crippen LogP contribution in [-0.4, -0.2) is 26.4 Å². The summed E-state index contributed by atoms with van der Waals surface area (Å²) in [4.78, 5) is 25.7. The van der Waals surface area contributed by atoms with Gasteiger partial charge in [0, 0.05) is 37.5 Å². The fourth-order valence-corrected chi connectivity index (χ4v) is 3.16. The highest BCUT2D eigenvalue weighted by molar-refractivity contribution is 6.30. The Kier molecular flexibility index (Phi) is 3.66. The van der Waals surface area contributed by atoms with E-state index in [2.05, 4.69) is 19.9 Å². The highest BCUT2D eigenvalue weighted by Crippen LogP contribution is 2.37. The van der Waals surface area contributed by atoms with E-state index < -0.39 is 5.82 Å². The zero-order valence-corrected chi connectivity index (χ0v) is 13.2. The molecule has 0 bridgehead atoms. The number of H-pyrrole nitrogens is 1. The van der Waals surface area contributed by atoms with E-state index in [0.717, 1.165) is 43.5 Å². The first-order chi connectivity index (χ1) is 11.1. The second kappa shape index (κ2) is 5.69. The van der Waals surface area contributed by atoms with Gasteiger partial charge in [-0.25, -0.2) is 14.4 Å². The molecule has 0 unspecified atom stereocenters. The summed E-state index contributed by atoms with van der Waals surface area (Å²) < 4.78 is 13.3. The summed E-state index contributed by atoms with van der Waals surface area (Å²) >= 11 is 6.02. The van der Waals surface area contributed by atoms with Crippen molar-refractivity contribution in [1.29, 1.82) is 0 Å². The summed E-state index contributed by atoms with van der Waals surface area (Å²) in [7, 11) is 0. The van der Waals surface area contributed by atoms with Gasteiger partial charge in [-0.15, -0.1) is 0 Å². The van der Waals surface area contributed by atoms with E-state index >= 15 is 0 Å². The Morgan fingerprint density at radius 1 is 1.43 bits per heavy atom. The third-order valence-electron chi connectivity index (χ3n) is 4.40. The average Bonchev–Trinajstić information content (AvgIpc) is 3.36. The van der Waals surface area contributed by atoms with Crippen molar-refractivity contribution in [3.63, 3.8) is 0 Å². The number of aromatic amines is 1. The van der Waals surface area contributed by atoms with Crippen molar-refractivity contribution in [2.24, 2.45) is 0 Å². The molecule has 2 aromatic heterocycles. The van der Waals surface area contributed by atoms with Crippen LogP contribution in [0.4, 0.5) is 4.39 Å². The number of hydrogen-bond donors (Lipinski definition) is 1. The number of halogens is 2. The number of aromatic nitrogens is 3. The number of fused-ring (bicyclic) bond motifs is 1. The number of pyridine rings is 1. The molecule has 23 heavy (non-hydrogen) atoms. The van der Waals surface area contributed by atoms with Gasteiger partial charge in [0.05, 0.1) is 17.5 Å². The Morgan fingerprint density at radius 3 is 3.04 bits per heavy atom. The Hall–Kier alpha value is -1.79. The van der Waals surface area contributed by atoms with Crippen LogP contribution in [0.3, 0.4) is 0 Å². The van der Waals surface area contributed by atoms with Crippen LogP contribution in [0.5, 0.6) is 0 Å². The van der Waals surface area contributed by atoms with E-state index in [1.165, 1.54) is 6.07 Å². The molecular formula is C16H16ClFN4O. The fraction of sp³-hybridized carbons (Fsp3) is 0.438. The second-order valence-corrected chi connectivity index (χ2v) is 6.57. The van der Waals surface area contributed by atoms with Gasteiger partial charge >= 0.3 is 0 Å². The average molecular weight is 335 g/mol. The van der Waals surface area contributed by atoms with Crippen molar-refractivity contribution in [2.45, 2.75) is 38.3 Å². The molecule has 1 aliphatic heterocycles. The Morgan fingerprint density at radius 2 is 2.26 bits per heavy atom. The lowest BCUT2D eigenvalue weighted by Gasteiger charge is -2.27. The molecular weight excluding hydrogens is 319 g/mol. The normalized spacial score (nSPS) is 18.0. The smallest absolute Gasteiger partial charge is 0.255 e. The van der Waals surface area contributed by atoms with Gasteiger partial charge in [-0.2, -0.15) is 0 Å². The minimum Gasteiger partial charge on any atom is -0.310 e. The molecule has 0 aromatic carbocycles. The molecule has 0 saturated heterocycles. The van der Waals surface area contributed by atoms with E-state index in [1.54, 1.807) is 0 Å². The molecule has 1 N–H and O–H groups in total. The minimum absolute atomic E-state index is 0.0509. The minimum atomic E-state index is -0.407. The van der Waals surface area contributed by atoms with Crippen molar-refractivity contribution < 1.29 is 4.39 Å². The summed E-state index contributed by atoms with van der Waals surface area (Å²) in [6.45, 7) is 1.72. The lowest BCUT2D eigenvalue weighted by Crippen LogP contribution is -2.35. The fourth-order valence-electron chi connectivity index (χ4n) is 3.00. The summed E-state index contributed by atoms with van der Waals surface area (Å²) in [6.07, 6.45) is 4.04. The third-order valence-corrected chi connectivity index (χ3v) is 4.74. The Bertz CT molecular complexity index is 818. The molecule has 2 aliphatic rings. The number of hydrogen-bond acceptors (Lipinski definition) is 4. The predicted octanol–water partition coefficient (Wildman–Crippen LogP) is 2.39. The molecule has 0 atom stereocenters. The van der Waals surface area contributed by atoms with Gasteiger partial charge < -0.3 is 4.98 Å². The van der Waals surface area contributed by atoms with E-state index in [-0.39, 0.29) is 5.56 Å². The molecule has 3 heterocycles. The van der Waals surface area contributed by atoms with Crippen LogP contribution in [0.15, 0.2) is 17.1 Å². The van der Waals surface area contributed by atoms with Gasteiger partial charge in [-0.1, -0.05) is 11.6 Å². The van der Waals surface area contributed by atoms with Crippen molar-refractivity contribution in [3.8, 4) is 0 Å². The van der Waals surface area contributed by atoms with E-state index in [9.17, 15) is 9.18 Å². The van der Waals surface area contributed by atoms with Crippen molar-refractivity contribution >= 4 is 11.6 Å². The van der Waals surface area contributed by atoms with Crippen LogP contribution in [0.2, 0.25) is 5.15 Å². The van der Waals surface area contributed by atoms with Crippen molar-refractivity contribution in [1.82, 2.24) is 19.9 Å². The first-order valence-electron chi connectivity index (χ1n) is 7.74. The maximum atomic E-state index is 13.3. The van der Waals surface area contributed by atoms with Crippen LogP contribution in [-0.2, 0) is 19.5 Å². The molecule has 1 aliphatic carbocycles. The highest BCUT2D eigenvalue weighted by Gasteiger charge is 2.29. The van der Waals surface area contributed by atoms with Gasteiger partial charge in [-0.3, -0.25) is 9.69 Å². The maximum Gasteiger partial charge on any atom is 0.255 e. The number of rotatable bonds is 3. The first-order valence-corrected chi connectivity index (χ1v) is 8.12. The van der Waals surface area contributed by atoms with Crippen molar-refractivity contribution in [2.75, 3.05) is 6.54 Å². The molecule has 4 rings (SSSR count). The van der Waals surface area contributed by atoms with Crippen LogP contribution < -0.4 is 5.56 Å². The molecule has 2 aromatic rings. The monoisotopic (exact) mass is 334 g/mol. The number of nitrogens with zero attached hydrogens (tertiary/aromatic N) is 3. The summed E-state index contributed by atoms with van der Waals surface area (Å²) in [5.74, 6) is 0.859. The largest absolute Gasteiger partial charge is 0.310 e. The molecule has 0 radical (unpaired) electrons. The zero-order valence-electron chi connectivity index (χ0n) is 12.5. The standard InChI is InChI=1S/C16H16ClFN4O/c17-14-10(5-11(18)6-19-14)7-22-4-3-13-12(8-22)16(23)21-15(20-13)9-1-2-9/h5-6,9H,1-4,7-8H2,(H,20,21,23). The molecule has 1 fully saturated rings. The van der Waals surface area contributed by atoms with E-state index in [0.29, 0.717) is 35.3 Å². The molecule has 120 valence electrons. The van der Waals surface area contributed by atoms with Gasteiger partial charge in [-0.05, 0) is 18.9 Å². The van der Waals surface area contributed by atoms with Crippen molar-refractivity contribution in [3.05, 3.63) is 56.2 Å². The Balaban J connectivity index is 1.56. The maximum absolute atomic E-state index is 13.3. The van der Waals surface area contributed by atoms with Crippen LogP contribution >= 0.6 is 11.6 Å². The highest BCUT2D eigenvalue weighted by atomic mass is 35.5. The first kappa shape index (κ1) is 14.8. The van der Waals surface area contributed by atoms with Crippen LogP contribution in [0.1, 0.15) is 41.4 Å². The van der Waals surface area contributed by atoms with Crippen LogP contribution in [0.25, 0.3) is 0 Å². The third kappa shape index (κ3) is 3.01. The van der Waals surface area contributed by atoms with Gasteiger partial charge in [0.1, 0.15) is 16.8 Å². The Labute approximate surface area is 137 Å². The lowest BCUT2D eigenvalue weighted by molar-refractivity contribution is 0.241. The van der Waals surface area contributed by atoms with Gasteiger partial charge in [0.2, 0.25) is 0 Å². The number of nitrogens with one attached hydrogen (secondary N) is 1. The predicted molar refractivity (Wildman–Crippen MR) is 83.9 cm³/mol. The zero-order chi connectivity index (χ0) is 16.0. The molecule has 0 amide bonds. The van der Waals surface area contributed by atoms with E-state index in [4.69, 9.17) is 11.6 Å². The molecule has 0 spiro atoms.